The molecule has 2 aliphatic rings. The fourth-order valence-corrected chi connectivity index (χ4v) is 4.08. The molecule has 2 heterocycles. The van der Waals surface area contributed by atoms with Crippen LogP contribution in [-0.2, 0) is 6.54 Å². The minimum Gasteiger partial charge on any atom is -0.497 e. The average molecular weight is 416 g/mol. The molecule has 136 valence electrons. The van der Waals surface area contributed by atoms with E-state index < -0.39 is 0 Å². The van der Waals surface area contributed by atoms with Gasteiger partial charge in [0, 0.05) is 42.6 Å². The van der Waals surface area contributed by atoms with Gasteiger partial charge < -0.3 is 15.4 Å². The minimum atomic E-state index is -0.339. The highest BCUT2D eigenvalue weighted by molar-refractivity contribution is 9.10. The average Bonchev–Trinajstić information content (AvgIpc) is 2.65. The first-order valence-electron chi connectivity index (χ1n) is 8.82. The van der Waals surface area contributed by atoms with Crippen LogP contribution in [0.2, 0.25) is 0 Å². The van der Waals surface area contributed by atoms with E-state index in [1.807, 2.05) is 30.3 Å². The lowest BCUT2D eigenvalue weighted by atomic mass is 9.92. The maximum absolute atomic E-state index is 12.5. The van der Waals surface area contributed by atoms with Crippen LogP contribution in [0.3, 0.4) is 0 Å². The van der Waals surface area contributed by atoms with E-state index in [-0.39, 0.29) is 11.6 Å². The molecule has 1 saturated heterocycles. The van der Waals surface area contributed by atoms with Crippen molar-refractivity contribution in [2.75, 3.05) is 25.5 Å². The first kappa shape index (κ1) is 17.4. The number of halogens is 1. The molecule has 2 N–H and O–H groups in total. The highest BCUT2D eigenvalue weighted by Gasteiger charge is 2.40. The normalized spacial score (nSPS) is 18.8. The topological polar surface area (TPSA) is 53.6 Å². The fourth-order valence-electron chi connectivity index (χ4n) is 3.72. The molecular formula is C20H22BrN3O2. The lowest BCUT2D eigenvalue weighted by Crippen LogP contribution is -2.62. The van der Waals surface area contributed by atoms with Gasteiger partial charge in [-0.1, -0.05) is 28.1 Å². The summed E-state index contributed by atoms with van der Waals surface area (Å²) >= 11 is 3.43. The molecular weight excluding hydrogens is 394 g/mol. The molecule has 5 nitrogen and oxygen atoms in total. The van der Waals surface area contributed by atoms with E-state index in [0.717, 1.165) is 48.4 Å². The third-order valence-corrected chi connectivity index (χ3v) is 5.72. The summed E-state index contributed by atoms with van der Waals surface area (Å²) in [6.07, 6.45) is 1.76. The number of likely N-dealkylation sites (tertiary alicyclic amines) is 1. The monoisotopic (exact) mass is 415 g/mol. The molecule has 1 spiro atoms. The van der Waals surface area contributed by atoms with Crippen molar-refractivity contribution in [1.82, 2.24) is 10.2 Å². The molecule has 0 unspecified atom stereocenters. The van der Waals surface area contributed by atoms with Gasteiger partial charge in [0.2, 0.25) is 0 Å². The van der Waals surface area contributed by atoms with Crippen LogP contribution in [0.4, 0.5) is 5.69 Å². The number of carbonyl (C=O) groups is 1. The van der Waals surface area contributed by atoms with E-state index in [4.69, 9.17) is 4.74 Å². The molecule has 1 amide bonds. The van der Waals surface area contributed by atoms with E-state index in [0.29, 0.717) is 5.56 Å². The Morgan fingerprint density at radius 3 is 2.54 bits per heavy atom. The largest absolute Gasteiger partial charge is 0.497 e. The quantitative estimate of drug-likeness (QED) is 0.803. The van der Waals surface area contributed by atoms with E-state index in [2.05, 4.69) is 43.6 Å². The van der Waals surface area contributed by atoms with Crippen molar-refractivity contribution < 1.29 is 9.53 Å². The second-order valence-corrected chi connectivity index (χ2v) is 7.89. The van der Waals surface area contributed by atoms with Crippen LogP contribution in [0.25, 0.3) is 0 Å². The van der Waals surface area contributed by atoms with Gasteiger partial charge in [-0.05, 0) is 35.9 Å². The highest BCUT2D eigenvalue weighted by Crippen LogP contribution is 2.33. The third-order valence-electron chi connectivity index (χ3n) is 5.23. The van der Waals surface area contributed by atoms with E-state index in [1.54, 1.807) is 7.11 Å². The van der Waals surface area contributed by atoms with Crippen molar-refractivity contribution in [3.8, 4) is 5.75 Å². The molecule has 0 aromatic heterocycles. The van der Waals surface area contributed by atoms with E-state index in [9.17, 15) is 4.79 Å². The van der Waals surface area contributed by atoms with Crippen LogP contribution in [0.5, 0.6) is 5.75 Å². The first-order valence-corrected chi connectivity index (χ1v) is 9.62. The van der Waals surface area contributed by atoms with Crippen LogP contribution in [0, 0.1) is 0 Å². The number of anilines is 1. The standard InChI is InChI=1S/C20H22BrN3O2/c1-26-16-5-2-14(3-6-16)13-24-10-8-20(9-11-24)22-18-7-4-15(21)12-17(18)19(25)23-20/h2-7,12,22H,8-11,13H2,1H3,(H,23,25). The van der Waals surface area contributed by atoms with Crippen molar-refractivity contribution in [1.29, 1.82) is 0 Å². The van der Waals surface area contributed by atoms with Gasteiger partial charge in [0.1, 0.15) is 11.4 Å². The van der Waals surface area contributed by atoms with E-state index in [1.165, 1.54) is 5.56 Å². The molecule has 6 heteroatoms. The minimum absolute atomic E-state index is 0.00338. The Bertz CT molecular complexity index is 814. The van der Waals surface area contributed by atoms with Gasteiger partial charge in [0.15, 0.2) is 0 Å². The number of ether oxygens (including phenoxy) is 1. The maximum atomic E-state index is 12.5. The molecule has 2 aromatic rings. The molecule has 2 aromatic carbocycles. The smallest absolute Gasteiger partial charge is 0.255 e. The number of benzene rings is 2. The Morgan fingerprint density at radius 1 is 1.12 bits per heavy atom. The maximum Gasteiger partial charge on any atom is 0.255 e. The van der Waals surface area contributed by atoms with Gasteiger partial charge >= 0.3 is 0 Å². The summed E-state index contributed by atoms with van der Waals surface area (Å²) in [5, 5.41) is 6.77. The second kappa shape index (κ2) is 6.93. The van der Waals surface area contributed by atoms with Crippen molar-refractivity contribution >= 4 is 27.5 Å². The van der Waals surface area contributed by atoms with Crippen LogP contribution in [0.1, 0.15) is 28.8 Å². The Hall–Kier alpha value is -2.05. The lowest BCUT2D eigenvalue weighted by molar-refractivity contribution is 0.0822. The van der Waals surface area contributed by atoms with Crippen LogP contribution < -0.4 is 15.4 Å². The zero-order valence-electron chi connectivity index (χ0n) is 14.7. The summed E-state index contributed by atoms with van der Waals surface area (Å²) < 4.78 is 6.13. The number of piperidine rings is 1. The molecule has 0 atom stereocenters. The number of nitrogens with one attached hydrogen (secondary N) is 2. The molecule has 0 aliphatic carbocycles. The number of hydrogen-bond acceptors (Lipinski definition) is 4. The van der Waals surface area contributed by atoms with Crippen LogP contribution >= 0.6 is 15.9 Å². The van der Waals surface area contributed by atoms with E-state index >= 15 is 0 Å². The van der Waals surface area contributed by atoms with Gasteiger partial charge in [0.05, 0.1) is 12.7 Å². The molecule has 0 radical (unpaired) electrons. The zero-order valence-corrected chi connectivity index (χ0v) is 16.3. The number of fused-ring (bicyclic) bond motifs is 1. The van der Waals surface area contributed by atoms with Crippen LogP contribution in [-0.4, -0.2) is 36.7 Å². The lowest BCUT2D eigenvalue weighted by Gasteiger charge is -2.46. The van der Waals surface area contributed by atoms with Crippen molar-refractivity contribution in [3.63, 3.8) is 0 Å². The molecule has 0 saturated carbocycles. The third kappa shape index (κ3) is 3.44. The van der Waals surface area contributed by atoms with Gasteiger partial charge in [0.25, 0.3) is 5.91 Å². The summed E-state index contributed by atoms with van der Waals surface area (Å²) in [6.45, 7) is 2.79. The van der Waals surface area contributed by atoms with Crippen molar-refractivity contribution in [2.45, 2.75) is 25.0 Å². The molecule has 26 heavy (non-hydrogen) atoms. The Labute approximate surface area is 161 Å². The van der Waals surface area contributed by atoms with Gasteiger partial charge in [-0.3, -0.25) is 9.69 Å². The Kier molecular flexibility index (Phi) is 4.63. The van der Waals surface area contributed by atoms with Gasteiger partial charge in [-0.25, -0.2) is 0 Å². The summed E-state index contributed by atoms with van der Waals surface area (Å²) in [5.41, 5.74) is 2.55. The molecule has 1 fully saturated rings. The number of nitrogens with zero attached hydrogens (tertiary/aromatic N) is 1. The Morgan fingerprint density at radius 2 is 1.85 bits per heavy atom. The molecule has 2 aliphatic heterocycles. The second-order valence-electron chi connectivity index (χ2n) is 6.98. The number of methoxy groups -OCH3 is 1. The fraction of sp³-hybridized carbons (Fsp3) is 0.350. The number of carbonyl (C=O) groups excluding carboxylic acids is 1. The number of hydrogen-bond donors (Lipinski definition) is 2. The summed E-state index contributed by atoms with van der Waals surface area (Å²) in [7, 11) is 1.68. The summed E-state index contributed by atoms with van der Waals surface area (Å²) in [4.78, 5) is 15.0. The summed E-state index contributed by atoms with van der Waals surface area (Å²) in [6, 6.07) is 14.0. The van der Waals surface area contributed by atoms with Gasteiger partial charge in [-0.2, -0.15) is 0 Å². The predicted molar refractivity (Wildman–Crippen MR) is 105 cm³/mol. The highest BCUT2D eigenvalue weighted by atomic mass is 79.9. The summed E-state index contributed by atoms with van der Waals surface area (Å²) in [5.74, 6) is 0.884. The van der Waals surface area contributed by atoms with Gasteiger partial charge in [-0.15, -0.1) is 0 Å². The first-order chi connectivity index (χ1) is 12.6. The SMILES string of the molecule is COc1ccc(CN2CCC3(CC2)NC(=O)c2cc(Br)ccc2N3)cc1. The zero-order chi connectivity index (χ0) is 18.1. The number of rotatable bonds is 3. The van der Waals surface area contributed by atoms with Crippen LogP contribution in [0.15, 0.2) is 46.9 Å². The molecule has 4 rings (SSSR count). The van der Waals surface area contributed by atoms with Crippen molar-refractivity contribution in [2.24, 2.45) is 0 Å². The number of amides is 1. The Balaban J connectivity index is 1.41. The molecule has 0 bridgehead atoms. The van der Waals surface area contributed by atoms with Crippen molar-refractivity contribution in [3.05, 3.63) is 58.1 Å². The predicted octanol–water partition coefficient (Wildman–Crippen LogP) is 3.61.